The molecule has 0 radical (unpaired) electrons. The van der Waals surface area contributed by atoms with Crippen LogP contribution in [-0.2, 0) is 21.2 Å². The van der Waals surface area contributed by atoms with Crippen molar-refractivity contribution < 1.29 is 18.3 Å². The lowest BCUT2D eigenvalue weighted by molar-refractivity contribution is -0.137. The molecule has 7 heteroatoms. The highest BCUT2D eigenvalue weighted by Gasteiger charge is 2.19. The van der Waals surface area contributed by atoms with Crippen LogP contribution in [0.5, 0.6) is 0 Å². The zero-order valence-corrected chi connectivity index (χ0v) is 23.6. The minimum Gasteiger partial charge on any atom is -0.481 e. The van der Waals surface area contributed by atoms with Crippen LogP contribution in [-0.4, -0.2) is 31.0 Å². The van der Waals surface area contributed by atoms with Crippen LogP contribution in [0.1, 0.15) is 60.3 Å². The van der Waals surface area contributed by atoms with Crippen molar-refractivity contribution in [3.05, 3.63) is 120 Å². The van der Waals surface area contributed by atoms with Crippen molar-refractivity contribution >= 4 is 16.0 Å². The summed E-state index contributed by atoms with van der Waals surface area (Å²) in [5.41, 5.74) is 6.02. The van der Waals surface area contributed by atoms with Crippen LogP contribution < -0.4 is 4.72 Å². The van der Waals surface area contributed by atoms with E-state index < -0.39 is 16.0 Å². The zero-order chi connectivity index (χ0) is 28.4. The van der Waals surface area contributed by atoms with Crippen molar-refractivity contribution in [2.24, 2.45) is 0 Å². The van der Waals surface area contributed by atoms with Crippen molar-refractivity contribution in [1.82, 2.24) is 9.71 Å². The molecule has 3 aromatic carbocycles. The number of carbonyl (C=O) groups is 1. The first-order chi connectivity index (χ1) is 19.3. The van der Waals surface area contributed by atoms with Crippen LogP contribution in [0.15, 0.2) is 102 Å². The Labute approximate surface area is 237 Å². The number of hydrogen-bond acceptors (Lipinski definition) is 4. The summed E-state index contributed by atoms with van der Waals surface area (Å²) >= 11 is 0. The fourth-order valence-corrected chi connectivity index (χ4v) is 6.17. The monoisotopic (exact) mass is 556 g/mol. The molecule has 0 aliphatic heterocycles. The fraction of sp³-hybridized carbons (Fsp3) is 0.273. The Kier molecular flexibility index (Phi) is 10.2. The summed E-state index contributed by atoms with van der Waals surface area (Å²) in [6.07, 6.45) is 7.81. The summed E-state index contributed by atoms with van der Waals surface area (Å²) in [5, 5.41) is 8.89. The molecule has 1 heterocycles. The predicted molar refractivity (Wildman–Crippen MR) is 159 cm³/mol. The molecule has 0 saturated heterocycles. The van der Waals surface area contributed by atoms with Gasteiger partial charge in [0.05, 0.1) is 4.90 Å². The number of hydrogen-bond donors (Lipinski definition) is 2. The Morgan fingerprint density at radius 1 is 0.875 bits per heavy atom. The van der Waals surface area contributed by atoms with Crippen molar-refractivity contribution in [2.45, 2.75) is 56.3 Å². The molecule has 0 spiro atoms. The van der Waals surface area contributed by atoms with E-state index >= 15 is 0 Å². The Bertz CT molecular complexity index is 1490. The molecule has 0 saturated carbocycles. The van der Waals surface area contributed by atoms with Gasteiger partial charge in [-0.2, -0.15) is 0 Å². The van der Waals surface area contributed by atoms with Crippen LogP contribution in [0, 0.1) is 6.92 Å². The molecule has 1 aromatic heterocycles. The summed E-state index contributed by atoms with van der Waals surface area (Å²) < 4.78 is 29.2. The molecule has 0 aliphatic rings. The van der Waals surface area contributed by atoms with Gasteiger partial charge in [0.1, 0.15) is 0 Å². The third-order valence-corrected chi connectivity index (χ3v) is 8.62. The number of aliphatic carboxylic acids is 1. The zero-order valence-electron chi connectivity index (χ0n) is 22.8. The predicted octanol–water partition coefficient (Wildman–Crippen LogP) is 6.75. The quantitative estimate of drug-likeness (QED) is 0.168. The van der Waals surface area contributed by atoms with E-state index in [-0.39, 0.29) is 17.2 Å². The second-order valence-corrected chi connectivity index (χ2v) is 11.8. The van der Waals surface area contributed by atoms with Crippen molar-refractivity contribution in [2.75, 3.05) is 6.54 Å². The minimum absolute atomic E-state index is 0.171. The molecule has 1 unspecified atom stereocenters. The number of sulfonamides is 1. The van der Waals surface area contributed by atoms with E-state index in [0.717, 1.165) is 41.5 Å². The van der Waals surface area contributed by atoms with Gasteiger partial charge in [-0.1, -0.05) is 91.2 Å². The van der Waals surface area contributed by atoms with Gasteiger partial charge in [-0.05, 0) is 60.6 Å². The topological polar surface area (TPSA) is 96.4 Å². The van der Waals surface area contributed by atoms with Crippen LogP contribution >= 0.6 is 0 Å². The van der Waals surface area contributed by atoms with E-state index in [1.54, 1.807) is 18.3 Å². The molecule has 0 aliphatic carbocycles. The van der Waals surface area contributed by atoms with Crippen molar-refractivity contribution in [1.29, 1.82) is 0 Å². The van der Waals surface area contributed by atoms with Crippen LogP contribution in [0.4, 0.5) is 0 Å². The maximum absolute atomic E-state index is 13.2. The number of carboxylic acid groups (broad SMARTS) is 1. The van der Waals surface area contributed by atoms with Crippen molar-refractivity contribution in [3.63, 3.8) is 0 Å². The Morgan fingerprint density at radius 2 is 1.62 bits per heavy atom. The lowest BCUT2D eigenvalue weighted by Gasteiger charge is -2.18. The SMILES string of the molecule is Cc1ccc(-c2ccccc2S(=O)(=O)NCCc2ccc(C(CCCCCC(=O)O)c3cccnc3)cc2)cc1. The van der Waals surface area contributed by atoms with Crippen LogP contribution in [0.3, 0.4) is 0 Å². The highest BCUT2D eigenvalue weighted by atomic mass is 32.2. The molecular weight excluding hydrogens is 520 g/mol. The summed E-state index contributed by atoms with van der Waals surface area (Å²) in [6, 6.07) is 27.3. The Balaban J connectivity index is 1.39. The third kappa shape index (κ3) is 8.10. The maximum Gasteiger partial charge on any atom is 0.303 e. The third-order valence-electron chi connectivity index (χ3n) is 7.10. The van der Waals surface area contributed by atoms with Gasteiger partial charge < -0.3 is 5.11 Å². The first-order valence-corrected chi connectivity index (χ1v) is 15.2. The summed E-state index contributed by atoms with van der Waals surface area (Å²) in [5.74, 6) is -0.582. The van der Waals surface area contributed by atoms with E-state index in [4.69, 9.17) is 5.11 Å². The van der Waals surface area contributed by atoms with E-state index in [1.165, 1.54) is 5.56 Å². The highest BCUT2D eigenvalue weighted by Crippen LogP contribution is 2.30. The van der Waals surface area contributed by atoms with Gasteiger partial charge >= 0.3 is 5.97 Å². The number of nitrogens with zero attached hydrogens (tertiary/aromatic N) is 1. The molecule has 40 heavy (non-hydrogen) atoms. The normalized spacial score (nSPS) is 12.2. The Morgan fingerprint density at radius 3 is 2.33 bits per heavy atom. The van der Waals surface area contributed by atoms with Gasteiger partial charge in [0.15, 0.2) is 0 Å². The van der Waals surface area contributed by atoms with Gasteiger partial charge in [-0.3, -0.25) is 9.78 Å². The van der Waals surface area contributed by atoms with E-state index in [1.807, 2.05) is 55.6 Å². The lowest BCUT2D eigenvalue weighted by Crippen LogP contribution is -2.26. The number of rotatable bonds is 14. The van der Waals surface area contributed by atoms with Gasteiger partial charge in [-0.25, -0.2) is 13.1 Å². The molecular formula is C33H36N2O4S. The van der Waals surface area contributed by atoms with Crippen LogP contribution in [0.25, 0.3) is 11.1 Å². The fourth-order valence-electron chi connectivity index (χ4n) is 4.91. The molecule has 2 N–H and O–H groups in total. The number of aryl methyl sites for hydroxylation is 1. The van der Waals surface area contributed by atoms with Crippen LogP contribution in [0.2, 0.25) is 0 Å². The molecule has 0 amide bonds. The molecule has 0 bridgehead atoms. The first-order valence-electron chi connectivity index (χ1n) is 13.7. The van der Waals surface area contributed by atoms with Gasteiger partial charge in [0.25, 0.3) is 0 Å². The molecule has 4 rings (SSSR count). The summed E-state index contributed by atoms with van der Waals surface area (Å²) in [7, 11) is -3.69. The van der Waals surface area contributed by atoms with E-state index in [2.05, 4.69) is 40.0 Å². The maximum atomic E-state index is 13.2. The average molecular weight is 557 g/mol. The van der Waals surface area contributed by atoms with Gasteiger partial charge in [0.2, 0.25) is 10.0 Å². The van der Waals surface area contributed by atoms with E-state index in [9.17, 15) is 13.2 Å². The second kappa shape index (κ2) is 14.0. The number of aromatic nitrogens is 1. The number of unbranched alkanes of at least 4 members (excludes halogenated alkanes) is 2. The smallest absolute Gasteiger partial charge is 0.303 e. The standard InChI is InChI=1S/C33H36N2O4S/c1-25-13-17-28(18-14-25)31-10-5-6-11-32(31)40(38,39)35-23-21-26-15-19-27(20-16-26)30(29-8-7-22-34-24-29)9-3-2-4-12-33(36)37/h5-8,10-11,13-20,22,24,30,35H,2-4,9,12,21,23H2,1H3,(H,36,37). The molecule has 0 fully saturated rings. The van der Waals surface area contributed by atoms with Gasteiger partial charge in [-0.15, -0.1) is 0 Å². The second-order valence-electron chi connectivity index (χ2n) is 10.1. The number of nitrogens with one attached hydrogen (secondary N) is 1. The van der Waals surface area contributed by atoms with E-state index in [0.29, 0.717) is 24.9 Å². The average Bonchev–Trinajstić information content (AvgIpc) is 2.96. The minimum atomic E-state index is -3.69. The summed E-state index contributed by atoms with van der Waals surface area (Å²) in [4.78, 5) is 15.4. The number of benzene rings is 3. The number of pyridine rings is 1. The molecule has 4 aromatic rings. The molecule has 1 atom stereocenters. The largest absolute Gasteiger partial charge is 0.481 e. The summed E-state index contributed by atoms with van der Waals surface area (Å²) in [6.45, 7) is 2.30. The molecule has 6 nitrogen and oxygen atoms in total. The molecule has 208 valence electrons. The number of carboxylic acids is 1. The van der Waals surface area contributed by atoms with Crippen molar-refractivity contribution in [3.8, 4) is 11.1 Å². The first kappa shape index (κ1) is 29.2. The lowest BCUT2D eigenvalue weighted by atomic mass is 9.87. The highest BCUT2D eigenvalue weighted by molar-refractivity contribution is 7.89. The van der Waals surface area contributed by atoms with Gasteiger partial charge in [0, 0.05) is 36.8 Å². The Hall–Kier alpha value is -3.81.